The van der Waals surface area contributed by atoms with Crippen molar-refractivity contribution >= 4 is 23.3 Å². The molecule has 1 amide bonds. The third kappa shape index (κ3) is 3.53. The molecule has 0 bridgehead atoms. The quantitative estimate of drug-likeness (QED) is 0.821. The van der Waals surface area contributed by atoms with Gasteiger partial charge < -0.3 is 15.1 Å². The molecule has 6 nitrogen and oxygen atoms in total. The average molecular weight is 391 g/mol. The van der Waals surface area contributed by atoms with Crippen LogP contribution in [0.5, 0.6) is 0 Å². The molecule has 3 heterocycles. The molecule has 142 valence electrons. The summed E-state index contributed by atoms with van der Waals surface area (Å²) in [5.41, 5.74) is -0.232. The Kier molecular flexibility index (Phi) is 4.92. The zero-order valence-corrected chi connectivity index (χ0v) is 14.9. The lowest BCUT2D eigenvalue weighted by Crippen LogP contribution is -2.35. The SMILES string of the molecule is CC(C)CNC(=O)c1nn2c(c1Cl)N[C@H](c1ccco1)C[C@H]2C(F)(F)F. The molecule has 0 radical (unpaired) electrons. The zero-order chi connectivity index (χ0) is 19.1. The molecule has 2 aromatic heterocycles. The molecule has 0 fully saturated rings. The number of anilines is 1. The monoisotopic (exact) mass is 390 g/mol. The Morgan fingerprint density at radius 2 is 2.27 bits per heavy atom. The highest BCUT2D eigenvalue weighted by atomic mass is 35.5. The van der Waals surface area contributed by atoms with Crippen LogP contribution >= 0.6 is 11.6 Å². The van der Waals surface area contributed by atoms with Gasteiger partial charge in [-0.25, -0.2) is 4.68 Å². The number of nitrogens with one attached hydrogen (secondary N) is 2. The number of carbonyl (C=O) groups is 1. The number of hydrogen-bond acceptors (Lipinski definition) is 4. The summed E-state index contributed by atoms with van der Waals surface area (Å²) < 4.78 is 46.7. The molecule has 1 aliphatic rings. The van der Waals surface area contributed by atoms with Crippen LogP contribution < -0.4 is 10.6 Å². The molecule has 26 heavy (non-hydrogen) atoms. The van der Waals surface area contributed by atoms with Crippen molar-refractivity contribution in [2.24, 2.45) is 5.92 Å². The number of nitrogens with zero attached hydrogens (tertiary/aromatic N) is 2. The summed E-state index contributed by atoms with van der Waals surface area (Å²) in [6, 6.07) is 0.530. The maximum Gasteiger partial charge on any atom is 0.410 e. The second-order valence-corrected chi connectivity index (χ2v) is 6.94. The topological polar surface area (TPSA) is 72.1 Å². The molecule has 2 N–H and O–H groups in total. The van der Waals surface area contributed by atoms with Crippen molar-refractivity contribution in [1.29, 1.82) is 0 Å². The Labute approximate surface area is 152 Å². The van der Waals surface area contributed by atoms with E-state index in [4.69, 9.17) is 16.0 Å². The molecule has 0 saturated carbocycles. The van der Waals surface area contributed by atoms with E-state index in [-0.39, 0.29) is 28.9 Å². The number of amides is 1. The van der Waals surface area contributed by atoms with Crippen LogP contribution in [0.15, 0.2) is 22.8 Å². The molecule has 0 aromatic carbocycles. The summed E-state index contributed by atoms with van der Waals surface area (Å²) in [7, 11) is 0. The van der Waals surface area contributed by atoms with Crippen LogP contribution in [0, 0.1) is 5.92 Å². The lowest BCUT2D eigenvalue weighted by Gasteiger charge is -2.32. The van der Waals surface area contributed by atoms with Crippen LogP contribution in [0.2, 0.25) is 5.02 Å². The van der Waals surface area contributed by atoms with Gasteiger partial charge >= 0.3 is 6.18 Å². The van der Waals surface area contributed by atoms with E-state index < -0.39 is 24.2 Å². The van der Waals surface area contributed by atoms with Gasteiger partial charge in [-0.1, -0.05) is 25.4 Å². The van der Waals surface area contributed by atoms with Crippen molar-refractivity contribution in [1.82, 2.24) is 15.1 Å². The van der Waals surface area contributed by atoms with E-state index in [0.29, 0.717) is 12.3 Å². The predicted molar refractivity (Wildman–Crippen MR) is 89.2 cm³/mol. The molecule has 3 rings (SSSR count). The van der Waals surface area contributed by atoms with Gasteiger partial charge in [0.1, 0.15) is 16.6 Å². The number of halogens is 4. The molecule has 0 saturated heterocycles. The molecule has 1 aliphatic heterocycles. The van der Waals surface area contributed by atoms with Gasteiger partial charge in [0, 0.05) is 13.0 Å². The standard InChI is InChI=1S/C16H18ClF3N4O2/c1-8(2)7-21-15(25)13-12(17)14-22-9(10-4-3-5-26-10)6-11(16(18,19)20)24(14)23-13/h3-5,8-9,11,22H,6-7H2,1-2H3,(H,21,25)/t9-,11-/m0/s1. The molecule has 0 unspecified atom stereocenters. The van der Waals surface area contributed by atoms with Crippen LogP contribution in [0.1, 0.15) is 48.6 Å². The summed E-state index contributed by atoms with van der Waals surface area (Å²) >= 11 is 6.19. The molecule has 2 atom stereocenters. The first-order valence-electron chi connectivity index (χ1n) is 8.11. The van der Waals surface area contributed by atoms with Gasteiger partial charge in [-0.05, 0) is 18.1 Å². The number of furan rings is 1. The van der Waals surface area contributed by atoms with Crippen molar-refractivity contribution < 1.29 is 22.4 Å². The maximum atomic E-state index is 13.6. The van der Waals surface area contributed by atoms with Crippen molar-refractivity contribution in [3.8, 4) is 0 Å². The van der Waals surface area contributed by atoms with E-state index in [9.17, 15) is 18.0 Å². The second kappa shape index (κ2) is 6.86. The molecule has 10 heteroatoms. The fourth-order valence-electron chi connectivity index (χ4n) is 2.79. The highest BCUT2D eigenvalue weighted by molar-refractivity contribution is 6.36. The van der Waals surface area contributed by atoms with Crippen molar-refractivity contribution in [3.05, 3.63) is 34.9 Å². The van der Waals surface area contributed by atoms with Gasteiger partial charge in [-0.15, -0.1) is 0 Å². The minimum atomic E-state index is -4.55. The number of alkyl halides is 3. The van der Waals surface area contributed by atoms with E-state index in [2.05, 4.69) is 15.7 Å². The van der Waals surface area contributed by atoms with Crippen molar-refractivity contribution in [2.75, 3.05) is 11.9 Å². The Bertz CT molecular complexity index is 786. The van der Waals surface area contributed by atoms with E-state index in [1.54, 1.807) is 12.1 Å². The molecule has 0 aliphatic carbocycles. The van der Waals surface area contributed by atoms with Crippen LogP contribution in [-0.4, -0.2) is 28.4 Å². The third-order valence-electron chi connectivity index (χ3n) is 4.07. The lowest BCUT2D eigenvalue weighted by molar-refractivity contribution is -0.174. The Morgan fingerprint density at radius 1 is 1.54 bits per heavy atom. The van der Waals surface area contributed by atoms with E-state index in [1.807, 2.05) is 13.8 Å². The Hall–Kier alpha value is -2.16. The number of rotatable bonds is 4. The maximum absolute atomic E-state index is 13.6. The number of fused-ring (bicyclic) bond motifs is 1. The smallest absolute Gasteiger partial charge is 0.410 e. The third-order valence-corrected chi connectivity index (χ3v) is 4.43. The predicted octanol–water partition coefficient (Wildman–Crippen LogP) is 4.18. The van der Waals surface area contributed by atoms with Crippen molar-refractivity contribution in [2.45, 2.75) is 38.5 Å². The van der Waals surface area contributed by atoms with E-state index in [1.165, 1.54) is 6.26 Å². The zero-order valence-electron chi connectivity index (χ0n) is 14.1. The minimum Gasteiger partial charge on any atom is -0.467 e. The molecule has 0 spiro atoms. The normalized spacial score (nSPS) is 20.0. The van der Waals surface area contributed by atoms with Gasteiger partial charge in [0.2, 0.25) is 0 Å². The minimum absolute atomic E-state index is 0.0451. The summed E-state index contributed by atoms with van der Waals surface area (Å²) in [5.74, 6) is -0.118. The van der Waals surface area contributed by atoms with Crippen LogP contribution in [-0.2, 0) is 0 Å². The highest BCUT2D eigenvalue weighted by Gasteiger charge is 2.48. The number of aromatic nitrogens is 2. The first-order chi connectivity index (χ1) is 12.2. The van der Waals surface area contributed by atoms with Crippen LogP contribution in [0.4, 0.5) is 19.0 Å². The summed E-state index contributed by atoms with van der Waals surface area (Å²) in [6.45, 7) is 4.16. The summed E-state index contributed by atoms with van der Waals surface area (Å²) in [5, 5.41) is 9.23. The van der Waals surface area contributed by atoms with Crippen LogP contribution in [0.25, 0.3) is 0 Å². The summed E-state index contributed by atoms with van der Waals surface area (Å²) in [4.78, 5) is 12.3. The van der Waals surface area contributed by atoms with Gasteiger partial charge in [0.25, 0.3) is 5.91 Å². The van der Waals surface area contributed by atoms with Gasteiger partial charge in [0.15, 0.2) is 11.7 Å². The second-order valence-electron chi connectivity index (χ2n) is 6.57. The Morgan fingerprint density at radius 3 is 2.85 bits per heavy atom. The van der Waals surface area contributed by atoms with Gasteiger partial charge in [-0.2, -0.15) is 18.3 Å². The summed E-state index contributed by atoms with van der Waals surface area (Å²) in [6.07, 6.45) is -3.49. The van der Waals surface area contributed by atoms with Crippen LogP contribution in [0.3, 0.4) is 0 Å². The van der Waals surface area contributed by atoms with E-state index >= 15 is 0 Å². The van der Waals surface area contributed by atoms with E-state index in [0.717, 1.165) is 4.68 Å². The van der Waals surface area contributed by atoms with Gasteiger partial charge in [-0.3, -0.25) is 4.79 Å². The highest BCUT2D eigenvalue weighted by Crippen LogP contribution is 2.46. The van der Waals surface area contributed by atoms with Gasteiger partial charge in [0.05, 0.1) is 12.3 Å². The van der Waals surface area contributed by atoms with Crippen molar-refractivity contribution in [3.63, 3.8) is 0 Å². The lowest BCUT2D eigenvalue weighted by atomic mass is 10.0. The fourth-order valence-corrected chi connectivity index (χ4v) is 3.06. The number of hydrogen-bond donors (Lipinski definition) is 2. The largest absolute Gasteiger partial charge is 0.467 e. The first kappa shape index (κ1) is 18.6. The molecule has 2 aromatic rings. The molecular formula is C16H18ClF3N4O2. The Balaban J connectivity index is 1.97. The number of carbonyl (C=O) groups excluding carboxylic acids is 1. The fraction of sp³-hybridized carbons (Fsp3) is 0.500. The average Bonchev–Trinajstić information content (AvgIpc) is 3.19. The molecular weight excluding hydrogens is 373 g/mol. The first-order valence-corrected chi connectivity index (χ1v) is 8.49.